The number of hydrogen-bond donors (Lipinski definition) is 2. The van der Waals surface area contributed by atoms with E-state index in [0.717, 1.165) is 12.8 Å². The van der Waals surface area contributed by atoms with E-state index in [4.69, 9.17) is 5.73 Å². The molecule has 4 nitrogen and oxygen atoms in total. The Labute approximate surface area is 127 Å². The maximum atomic E-state index is 12.8. The maximum absolute atomic E-state index is 12.8. The van der Waals surface area contributed by atoms with Gasteiger partial charge < -0.3 is 15.7 Å². The van der Waals surface area contributed by atoms with E-state index in [-0.39, 0.29) is 25.1 Å². The molecule has 114 valence electrons. The minimum Gasteiger partial charge on any atom is -0.395 e. The van der Waals surface area contributed by atoms with Crippen molar-refractivity contribution in [3.63, 3.8) is 0 Å². The number of amides is 1. The first-order valence-corrected chi connectivity index (χ1v) is 7.39. The van der Waals surface area contributed by atoms with E-state index in [9.17, 15) is 9.90 Å². The first-order valence-electron chi connectivity index (χ1n) is 7.39. The predicted octanol–water partition coefficient (Wildman–Crippen LogP) is 1.62. The fourth-order valence-corrected chi connectivity index (χ4v) is 2.37. The van der Waals surface area contributed by atoms with Crippen molar-refractivity contribution in [2.45, 2.75) is 32.7 Å². The van der Waals surface area contributed by atoms with Gasteiger partial charge in [0, 0.05) is 18.2 Å². The SMILES string of the molecule is CCC(CC)N(CCO)C(=O)c1ccccc1C#CCN. The van der Waals surface area contributed by atoms with Crippen molar-refractivity contribution in [3.8, 4) is 11.8 Å². The summed E-state index contributed by atoms with van der Waals surface area (Å²) < 4.78 is 0. The number of aliphatic hydroxyl groups excluding tert-OH is 1. The van der Waals surface area contributed by atoms with E-state index >= 15 is 0 Å². The molecule has 0 aliphatic heterocycles. The quantitative estimate of drug-likeness (QED) is 0.782. The van der Waals surface area contributed by atoms with Crippen LogP contribution in [-0.4, -0.2) is 41.7 Å². The normalized spacial score (nSPS) is 10.1. The number of hydrogen-bond acceptors (Lipinski definition) is 3. The van der Waals surface area contributed by atoms with Gasteiger partial charge in [-0.1, -0.05) is 37.8 Å². The van der Waals surface area contributed by atoms with Gasteiger partial charge in [0.15, 0.2) is 0 Å². The lowest BCUT2D eigenvalue weighted by atomic mass is 10.0. The van der Waals surface area contributed by atoms with Crippen LogP contribution in [0.25, 0.3) is 0 Å². The van der Waals surface area contributed by atoms with Crippen molar-refractivity contribution in [1.82, 2.24) is 4.90 Å². The molecule has 0 spiro atoms. The molecule has 0 atom stereocenters. The molecule has 1 rings (SSSR count). The van der Waals surface area contributed by atoms with Crippen molar-refractivity contribution in [2.24, 2.45) is 5.73 Å². The average molecular weight is 288 g/mol. The first-order chi connectivity index (χ1) is 10.2. The molecular formula is C17H24N2O2. The van der Waals surface area contributed by atoms with Crippen molar-refractivity contribution in [3.05, 3.63) is 35.4 Å². The van der Waals surface area contributed by atoms with Crippen molar-refractivity contribution >= 4 is 5.91 Å². The van der Waals surface area contributed by atoms with Crippen LogP contribution in [0, 0.1) is 11.8 Å². The highest BCUT2D eigenvalue weighted by atomic mass is 16.3. The fraction of sp³-hybridized carbons (Fsp3) is 0.471. The molecule has 1 aromatic rings. The lowest BCUT2D eigenvalue weighted by Crippen LogP contribution is -2.41. The van der Waals surface area contributed by atoms with Gasteiger partial charge in [-0.3, -0.25) is 4.79 Å². The molecule has 0 aliphatic carbocycles. The topological polar surface area (TPSA) is 66.6 Å². The van der Waals surface area contributed by atoms with Crippen molar-refractivity contribution in [2.75, 3.05) is 19.7 Å². The number of aliphatic hydroxyl groups is 1. The minimum absolute atomic E-state index is 0.0428. The third-order valence-corrected chi connectivity index (χ3v) is 3.47. The van der Waals surface area contributed by atoms with Gasteiger partial charge in [0.25, 0.3) is 5.91 Å². The number of rotatable bonds is 6. The number of carbonyl (C=O) groups is 1. The summed E-state index contributed by atoms with van der Waals surface area (Å²) in [5.74, 6) is 5.64. The molecule has 0 bridgehead atoms. The van der Waals surface area contributed by atoms with Crippen LogP contribution in [0.1, 0.15) is 42.6 Å². The highest BCUT2D eigenvalue weighted by Gasteiger charge is 2.23. The highest BCUT2D eigenvalue weighted by Crippen LogP contribution is 2.16. The summed E-state index contributed by atoms with van der Waals surface area (Å²) in [6, 6.07) is 7.39. The average Bonchev–Trinajstić information content (AvgIpc) is 2.52. The Morgan fingerprint density at radius 3 is 2.57 bits per heavy atom. The van der Waals surface area contributed by atoms with Crippen LogP contribution in [-0.2, 0) is 0 Å². The van der Waals surface area contributed by atoms with Crippen LogP contribution in [0.5, 0.6) is 0 Å². The summed E-state index contributed by atoms with van der Waals surface area (Å²) in [4.78, 5) is 14.5. The number of benzene rings is 1. The molecule has 3 N–H and O–H groups in total. The zero-order valence-corrected chi connectivity index (χ0v) is 12.8. The van der Waals surface area contributed by atoms with Gasteiger partial charge >= 0.3 is 0 Å². The summed E-state index contributed by atoms with van der Waals surface area (Å²) in [6.45, 7) is 4.65. The third-order valence-electron chi connectivity index (χ3n) is 3.47. The summed E-state index contributed by atoms with van der Waals surface area (Å²) in [7, 11) is 0. The van der Waals surface area contributed by atoms with E-state index in [0.29, 0.717) is 17.7 Å². The number of carbonyl (C=O) groups excluding carboxylic acids is 1. The van der Waals surface area contributed by atoms with E-state index in [1.165, 1.54) is 0 Å². The van der Waals surface area contributed by atoms with Gasteiger partial charge in [-0.25, -0.2) is 0 Å². The Bertz CT molecular complexity index is 513. The lowest BCUT2D eigenvalue weighted by molar-refractivity contribution is 0.0622. The van der Waals surface area contributed by atoms with Crippen LogP contribution in [0.15, 0.2) is 24.3 Å². The molecular weight excluding hydrogens is 264 g/mol. The number of nitrogens with two attached hydrogens (primary N) is 1. The molecule has 0 saturated heterocycles. The summed E-state index contributed by atoms with van der Waals surface area (Å²) >= 11 is 0. The number of nitrogens with zero attached hydrogens (tertiary/aromatic N) is 1. The van der Waals surface area contributed by atoms with Gasteiger partial charge in [0.1, 0.15) is 0 Å². The molecule has 0 radical (unpaired) electrons. The maximum Gasteiger partial charge on any atom is 0.255 e. The zero-order valence-electron chi connectivity index (χ0n) is 12.8. The Morgan fingerprint density at radius 2 is 2.00 bits per heavy atom. The van der Waals surface area contributed by atoms with Gasteiger partial charge in [0.05, 0.1) is 18.7 Å². The van der Waals surface area contributed by atoms with Gasteiger partial charge in [0.2, 0.25) is 0 Å². The first kappa shape index (κ1) is 17.2. The second-order valence-electron chi connectivity index (χ2n) is 4.74. The van der Waals surface area contributed by atoms with Crippen LogP contribution < -0.4 is 5.73 Å². The highest BCUT2D eigenvalue weighted by molar-refractivity contribution is 5.97. The van der Waals surface area contributed by atoms with Crippen molar-refractivity contribution in [1.29, 1.82) is 0 Å². The van der Waals surface area contributed by atoms with Crippen LogP contribution in [0.2, 0.25) is 0 Å². The Balaban J connectivity index is 3.14. The molecule has 1 amide bonds. The predicted molar refractivity (Wildman–Crippen MR) is 84.9 cm³/mol. The van der Waals surface area contributed by atoms with E-state index < -0.39 is 0 Å². The Hall–Kier alpha value is -1.83. The third kappa shape index (κ3) is 4.59. The van der Waals surface area contributed by atoms with Crippen molar-refractivity contribution < 1.29 is 9.90 Å². The summed E-state index contributed by atoms with van der Waals surface area (Å²) in [5, 5.41) is 9.24. The van der Waals surface area contributed by atoms with E-state index in [2.05, 4.69) is 11.8 Å². The molecule has 0 fully saturated rings. The zero-order chi connectivity index (χ0) is 15.7. The van der Waals surface area contributed by atoms with Gasteiger partial charge in [-0.05, 0) is 25.0 Å². The molecule has 0 heterocycles. The lowest BCUT2D eigenvalue weighted by Gasteiger charge is -2.30. The van der Waals surface area contributed by atoms with E-state index in [1.54, 1.807) is 11.0 Å². The molecule has 0 saturated carbocycles. The molecule has 21 heavy (non-hydrogen) atoms. The molecule has 0 unspecified atom stereocenters. The Morgan fingerprint density at radius 1 is 1.33 bits per heavy atom. The molecule has 1 aromatic carbocycles. The Kier molecular flexibility index (Phi) is 7.52. The van der Waals surface area contributed by atoms with E-state index in [1.807, 2.05) is 32.0 Å². The monoisotopic (exact) mass is 288 g/mol. The standard InChI is InChI=1S/C17H24N2O2/c1-3-15(4-2)19(12-13-20)17(21)16-10-6-5-8-14(16)9-7-11-18/h5-6,8,10,15,20H,3-4,11-13,18H2,1-2H3. The van der Waals surface area contributed by atoms with Crippen LogP contribution in [0.4, 0.5) is 0 Å². The minimum atomic E-state index is -0.0836. The second kappa shape index (κ2) is 9.17. The van der Waals surface area contributed by atoms with Crippen LogP contribution in [0.3, 0.4) is 0 Å². The largest absolute Gasteiger partial charge is 0.395 e. The summed E-state index contributed by atoms with van der Waals surface area (Å²) in [5.41, 5.74) is 6.65. The molecule has 0 aliphatic rings. The molecule has 4 heteroatoms. The molecule has 0 aromatic heterocycles. The van der Waals surface area contributed by atoms with Gasteiger partial charge in [-0.2, -0.15) is 0 Å². The smallest absolute Gasteiger partial charge is 0.255 e. The van der Waals surface area contributed by atoms with Gasteiger partial charge in [-0.15, -0.1) is 0 Å². The summed E-state index contributed by atoms with van der Waals surface area (Å²) in [6.07, 6.45) is 1.72. The fourth-order valence-electron chi connectivity index (χ4n) is 2.37. The second-order valence-corrected chi connectivity index (χ2v) is 4.74. The van der Waals surface area contributed by atoms with Crippen LogP contribution >= 0.6 is 0 Å².